The number of H-pyrrole nitrogens is 2. The van der Waals surface area contributed by atoms with Gasteiger partial charge in [0.05, 0.1) is 35.4 Å². The maximum Gasteiger partial charge on any atom is 0.255 e. The summed E-state index contributed by atoms with van der Waals surface area (Å²) >= 11 is 0. The first-order valence-electron chi connectivity index (χ1n) is 13.7. The quantitative estimate of drug-likeness (QED) is 0.368. The lowest BCUT2D eigenvalue weighted by molar-refractivity contribution is -0.125. The van der Waals surface area contributed by atoms with Crippen molar-refractivity contribution in [2.45, 2.75) is 65.6 Å². The maximum atomic E-state index is 14.1. The number of carbonyl (C=O) groups is 2. The summed E-state index contributed by atoms with van der Waals surface area (Å²) in [5.41, 5.74) is 4.61. The van der Waals surface area contributed by atoms with Gasteiger partial charge in [0.15, 0.2) is 11.4 Å². The third-order valence-electron chi connectivity index (χ3n) is 7.91. The van der Waals surface area contributed by atoms with E-state index in [0.29, 0.717) is 40.8 Å². The zero-order valence-corrected chi connectivity index (χ0v) is 23.1. The molecule has 0 spiro atoms. The number of nitrogens with one attached hydrogen (secondary N) is 4. The highest BCUT2D eigenvalue weighted by Gasteiger charge is 2.31. The van der Waals surface area contributed by atoms with Gasteiger partial charge in [0.2, 0.25) is 0 Å². The fraction of sp³-hybridized carbons (Fsp3) is 0.483. The van der Waals surface area contributed by atoms with Crippen molar-refractivity contribution in [2.24, 2.45) is 5.92 Å². The lowest BCUT2D eigenvalue weighted by atomic mass is 9.85. The Morgan fingerprint density at radius 2 is 1.92 bits per heavy atom. The van der Waals surface area contributed by atoms with Crippen molar-refractivity contribution in [1.82, 2.24) is 35.7 Å². The molecule has 2 aliphatic heterocycles. The number of hydrogen-bond acceptors (Lipinski definition) is 7. The molecule has 5 rings (SSSR count). The molecule has 2 aliphatic rings. The van der Waals surface area contributed by atoms with Gasteiger partial charge in [0.1, 0.15) is 0 Å². The second-order valence-electron chi connectivity index (χ2n) is 11.0. The molecule has 3 aromatic heterocycles. The van der Waals surface area contributed by atoms with Gasteiger partial charge in [-0.05, 0) is 83.3 Å². The van der Waals surface area contributed by atoms with E-state index in [1.165, 1.54) is 0 Å². The summed E-state index contributed by atoms with van der Waals surface area (Å²) in [6.07, 6.45) is 5.90. The molecule has 0 aromatic carbocycles. The van der Waals surface area contributed by atoms with E-state index in [4.69, 9.17) is 4.98 Å². The van der Waals surface area contributed by atoms with E-state index in [2.05, 4.69) is 25.8 Å². The minimum atomic E-state index is -0.269. The predicted octanol–water partition coefficient (Wildman–Crippen LogP) is 2.63. The van der Waals surface area contributed by atoms with Gasteiger partial charge in [-0.25, -0.2) is 4.98 Å². The van der Waals surface area contributed by atoms with Gasteiger partial charge in [0, 0.05) is 29.8 Å². The number of pyridine rings is 2. The number of amides is 1. The van der Waals surface area contributed by atoms with Crippen LogP contribution < -0.4 is 16.2 Å². The van der Waals surface area contributed by atoms with Crippen LogP contribution in [0.1, 0.15) is 66.0 Å². The highest BCUT2D eigenvalue weighted by Crippen LogP contribution is 2.29. The van der Waals surface area contributed by atoms with Crippen molar-refractivity contribution >= 4 is 28.3 Å². The number of nitrogens with zero attached hydrogens (tertiary/aromatic N) is 3. The highest BCUT2D eigenvalue weighted by atomic mass is 16.2. The van der Waals surface area contributed by atoms with Crippen molar-refractivity contribution in [3.63, 3.8) is 0 Å². The second kappa shape index (κ2) is 11.2. The third kappa shape index (κ3) is 5.58. The number of fused-ring (bicyclic) bond motifs is 1. The zero-order valence-electron chi connectivity index (χ0n) is 23.1. The van der Waals surface area contributed by atoms with Gasteiger partial charge in [-0.1, -0.05) is 6.08 Å². The summed E-state index contributed by atoms with van der Waals surface area (Å²) in [6, 6.07) is 3.31. The topological polar surface area (TPSA) is 136 Å². The number of piperidine rings is 1. The van der Waals surface area contributed by atoms with Crippen molar-refractivity contribution in [3.8, 4) is 0 Å². The summed E-state index contributed by atoms with van der Waals surface area (Å²) in [4.78, 5) is 49.4. The van der Waals surface area contributed by atoms with Gasteiger partial charge < -0.3 is 20.5 Å². The summed E-state index contributed by atoms with van der Waals surface area (Å²) in [6.45, 7) is 10.1. The monoisotopic (exact) mass is 531 g/mol. The molecule has 39 heavy (non-hydrogen) atoms. The average molecular weight is 532 g/mol. The van der Waals surface area contributed by atoms with Gasteiger partial charge in [-0.2, -0.15) is 5.10 Å². The molecule has 3 aromatic rings. The molecule has 10 nitrogen and oxygen atoms in total. The van der Waals surface area contributed by atoms with Crippen LogP contribution in [-0.2, 0) is 11.3 Å². The lowest BCUT2D eigenvalue weighted by Crippen LogP contribution is -2.45. The van der Waals surface area contributed by atoms with Crippen LogP contribution in [0.15, 0.2) is 29.2 Å². The number of ketones is 1. The van der Waals surface area contributed by atoms with Crippen LogP contribution in [0.5, 0.6) is 0 Å². The Hall–Kier alpha value is -3.63. The van der Waals surface area contributed by atoms with E-state index in [1.54, 1.807) is 11.1 Å². The molecule has 4 N–H and O–H groups in total. The predicted molar refractivity (Wildman–Crippen MR) is 150 cm³/mol. The molecule has 1 amide bonds. The minimum absolute atomic E-state index is 0.0660. The molecule has 0 bridgehead atoms. The molecule has 0 aliphatic carbocycles. The molecule has 0 saturated carbocycles. The first kappa shape index (κ1) is 27.0. The number of aromatic amines is 2. The van der Waals surface area contributed by atoms with E-state index in [0.717, 1.165) is 42.8 Å². The summed E-state index contributed by atoms with van der Waals surface area (Å²) < 4.78 is 0. The molecule has 1 atom stereocenters. The van der Waals surface area contributed by atoms with Crippen LogP contribution in [0.25, 0.3) is 16.6 Å². The molecule has 1 fully saturated rings. The lowest BCUT2D eigenvalue weighted by Gasteiger charge is -2.29. The molecule has 10 heteroatoms. The maximum absolute atomic E-state index is 14.1. The van der Waals surface area contributed by atoms with E-state index in [-0.39, 0.29) is 41.8 Å². The molecular formula is C29H37N7O3. The Bertz CT molecular complexity index is 1480. The Labute approximate surface area is 227 Å². The van der Waals surface area contributed by atoms with E-state index in [1.807, 2.05) is 45.9 Å². The van der Waals surface area contributed by atoms with Crippen molar-refractivity contribution < 1.29 is 9.59 Å². The Balaban J connectivity index is 1.46. The van der Waals surface area contributed by atoms with E-state index < -0.39 is 0 Å². The fourth-order valence-corrected chi connectivity index (χ4v) is 5.66. The number of Topliss-reactive ketones (excluding diaryl/α,β-unsaturated/α-hetero) is 1. The Morgan fingerprint density at radius 1 is 1.15 bits per heavy atom. The minimum Gasteiger partial charge on any atom is -0.332 e. The molecule has 0 radical (unpaired) electrons. The molecule has 5 heterocycles. The van der Waals surface area contributed by atoms with Gasteiger partial charge >= 0.3 is 0 Å². The number of rotatable bonds is 7. The van der Waals surface area contributed by atoms with Crippen LogP contribution >= 0.6 is 0 Å². The van der Waals surface area contributed by atoms with Crippen LogP contribution in [0.3, 0.4) is 0 Å². The van der Waals surface area contributed by atoms with Gasteiger partial charge in [-0.3, -0.25) is 19.5 Å². The van der Waals surface area contributed by atoms with Gasteiger partial charge in [-0.15, -0.1) is 0 Å². The smallest absolute Gasteiger partial charge is 0.255 e. The third-order valence-corrected chi connectivity index (χ3v) is 7.91. The molecule has 1 saturated heterocycles. The van der Waals surface area contributed by atoms with Crippen molar-refractivity contribution in [1.29, 1.82) is 0 Å². The first-order chi connectivity index (χ1) is 18.7. The Kier molecular flexibility index (Phi) is 7.76. The zero-order chi connectivity index (χ0) is 27.7. The molecular weight excluding hydrogens is 494 g/mol. The van der Waals surface area contributed by atoms with Crippen LogP contribution in [0.4, 0.5) is 0 Å². The summed E-state index contributed by atoms with van der Waals surface area (Å²) in [5.74, 6) is 0.123. The number of carbonyl (C=O) groups excluding carboxylic acids is 2. The van der Waals surface area contributed by atoms with Crippen molar-refractivity contribution in [3.05, 3.63) is 62.8 Å². The summed E-state index contributed by atoms with van der Waals surface area (Å²) in [5, 5.41) is 14.4. The van der Waals surface area contributed by atoms with Gasteiger partial charge in [0.25, 0.3) is 11.5 Å². The number of hydrogen-bond donors (Lipinski definition) is 4. The van der Waals surface area contributed by atoms with Crippen LogP contribution in [-0.4, -0.2) is 68.5 Å². The van der Waals surface area contributed by atoms with Crippen molar-refractivity contribution in [2.75, 3.05) is 19.6 Å². The number of aromatic nitrogens is 4. The first-order valence-corrected chi connectivity index (χ1v) is 13.7. The van der Waals surface area contributed by atoms with Crippen LogP contribution in [0, 0.1) is 19.8 Å². The molecule has 206 valence electrons. The standard InChI is InChI=1S/C29H37N7O3/c1-16(2)36(15-23-17(3)11-18(4)33-28(23)38)29(39)21-13-24(34-27-22(21)14-32-35-27)20-7-10-31-25(12-20)26(37)19-5-8-30-9-6-19/h7,11,13-14,16,19,25,30-31H,5-6,8-10,12,15H2,1-4H3,(H,33,38)(H,32,34,35). The van der Waals surface area contributed by atoms with Crippen LogP contribution in [0.2, 0.25) is 0 Å². The largest absolute Gasteiger partial charge is 0.332 e. The molecule has 1 unspecified atom stereocenters. The fourth-order valence-electron chi connectivity index (χ4n) is 5.66. The second-order valence-corrected chi connectivity index (χ2v) is 11.0. The average Bonchev–Trinajstić information content (AvgIpc) is 3.40. The van der Waals surface area contributed by atoms with E-state index >= 15 is 0 Å². The van der Waals surface area contributed by atoms with E-state index in [9.17, 15) is 14.4 Å². The normalized spacial score (nSPS) is 18.4. The Morgan fingerprint density at radius 3 is 2.64 bits per heavy atom. The highest BCUT2D eigenvalue weighted by molar-refractivity contribution is 6.06. The number of aryl methyl sites for hydroxylation is 2. The summed E-state index contributed by atoms with van der Waals surface area (Å²) in [7, 11) is 0. The SMILES string of the molecule is Cc1cc(C)c(CN(C(=O)c2cc(C3=CCNC(C(=O)C4CCNCC4)C3)nc3[nH]ncc23)C(C)C)c(=O)[nH]1.